The van der Waals surface area contributed by atoms with Gasteiger partial charge >= 0.3 is 0 Å². The quantitative estimate of drug-likeness (QED) is 0.784. The molecule has 5 nitrogen and oxygen atoms in total. The lowest BCUT2D eigenvalue weighted by atomic mass is 9.84. The molecule has 3 rings (SSSR count). The van der Waals surface area contributed by atoms with E-state index in [1.165, 1.54) is 12.8 Å². The Bertz CT molecular complexity index is 443. The van der Waals surface area contributed by atoms with Crippen LogP contribution in [0.5, 0.6) is 0 Å². The fourth-order valence-electron chi connectivity index (χ4n) is 4.12. The van der Waals surface area contributed by atoms with Gasteiger partial charge < -0.3 is 10.2 Å². The molecular formula is C16H27N3O2. The number of carbonyl (C=O) groups is 2. The number of hydrogen-bond donors (Lipinski definition) is 1. The van der Waals surface area contributed by atoms with Crippen molar-refractivity contribution in [3.05, 3.63) is 0 Å². The molecule has 3 atom stereocenters. The fraction of sp³-hybridized carbons (Fsp3) is 0.875. The van der Waals surface area contributed by atoms with Crippen LogP contribution in [0.2, 0.25) is 0 Å². The summed E-state index contributed by atoms with van der Waals surface area (Å²) in [6.07, 6.45) is 4.69. The van der Waals surface area contributed by atoms with E-state index in [-0.39, 0.29) is 29.8 Å². The van der Waals surface area contributed by atoms with E-state index in [9.17, 15) is 9.59 Å². The summed E-state index contributed by atoms with van der Waals surface area (Å²) < 4.78 is 0. The van der Waals surface area contributed by atoms with E-state index in [4.69, 9.17) is 0 Å². The summed E-state index contributed by atoms with van der Waals surface area (Å²) in [5.74, 6) is 0.100. The molecule has 2 amide bonds. The first-order valence-electron chi connectivity index (χ1n) is 8.22. The van der Waals surface area contributed by atoms with Gasteiger partial charge in [-0.3, -0.25) is 14.5 Å². The second kappa shape index (κ2) is 5.27. The minimum Gasteiger partial charge on any atom is -0.342 e. The van der Waals surface area contributed by atoms with Gasteiger partial charge in [0.15, 0.2) is 0 Å². The molecule has 3 saturated heterocycles. The van der Waals surface area contributed by atoms with Crippen LogP contribution >= 0.6 is 0 Å². The average Bonchev–Trinajstić information content (AvgIpc) is 2.83. The smallest absolute Gasteiger partial charge is 0.246 e. The minimum atomic E-state index is -0.392. The number of piperazine rings is 1. The molecule has 0 aromatic heterocycles. The van der Waals surface area contributed by atoms with Gasteiger partial charge in [-0.05, 0) is 31.2 Å². The van der Waals surface area contributed by atoms with Gasteiger partial charge in [-0.15, -0.1) is 0 Å². The number of nitrogens with zero attached hydrogens (tertiary/aromatic N) is 2. The Kier molecular flexibility index (Phi) is 3.72. The van der Waals surface area contributed by atoms with Gasteiger partial charge in [-0.25, -0.2) is 0 Å². The molecule has 3 unspecified atom stereocenters. The first-order valence-corrected chi connectivity index (χ1v) is 8.22. The van der Waals surface area contributed by atoms with Crippen molar-refractivity contribution in [2.75, 3.05) is 19.6 Å². The van der Waals surface area contributed by atoms with Crippen molar-refractivity contribution in [2.45, 2.75) is 64.6 Å². The Morgan fingerprint density at radius 1 is 1.05 bits per heavy atom. The third-order valence-electron chi connectivity index (χ3n) is 5.24. The Balaban J connectivity index is 1.80. The van der Waals surface area contributed by atoms with Crippen molar-refractivity contribution in [2.24, 2.45) is 5.41 Å². The zero-order valence-electron chi connectivity index (χ0n) is 13.4. The van der Waals surface area contributed by atoms with Crippen LogP contribution in [0.25, 0.3) is 0 Å². The molecule has 0 spiro atoms. The molecule has 0 bridgehead atoms. The SMILES string of the molecule is CC(C)(C)C1NC(=O)CN(C2CCN3CCCCC23)C1=O. The van der Waals surface area contributed by atoms with Gasteiger partial charge in [0.2, 0.25) is 11.8 Å². The molecule has 0 saturated carbocycles. The number of rotatable bonds is 1. The highest BCUT2D eigenvalue weighted by Gasteiger charge is 2.47. The van der Waals surface area contributed by atoms with Crippen molar-refractivity contribution < 1.29 is 9.59 Å². The van der Waals surface area contributed by atoms with Crippen LogP contribution in [0.15, 0.2) is 0 Å². The second-order valence-corrected chi connectivity index (χ2v) is 7.79. The van der Waals surface area contributed by atoms with E-state index in [0.717, 1.165) is 25.9 Å². The third-order valence-corrected chi connectivity index (χ3v) is 5.24. The van der Waals surface area contributed by atoms with E-state index in [2.05, 4.69) is 10.2 Å². The molecule has 0 aromatic carbocycles. The van der Waals surface area contributed by atoms with Crippen molar-refractivity contribution >= 4 is 11.8 Å². The highest BCUT2D eigenvalue weighted by Crippen LogP contribution is 2.33. The zero-order valence-corrected chi connectivity index (χ0v) is 13.4. The van der Waals surface area contributed by atoms with Crippen LogP contribution in [0.4, 0.5) is 0 Å². The largest absolute Gasteiger partial charge is 0.342 e. The zero-order chi connectivity index (χ0) is 15.2. The van der Waals surface area contributed by atoms with E-state index in [1.54, 1.807) is 0 Å². The lowest BCUT2D eigenvalue weighted by molar-refractivity contribution is -0.150. The van der Waals surface area contributed by atoms with Crippen molar-refractivity contribution in [3.63, 3.8) is 0 Å². The molecule has 0 radical (unpaired) electrons. The molecular weight excluding hydrogens is 266 g/mol. The maximum atomic E-state index is 12.9. The Morgan fingerprint density at radius 3 is 2.52 bits per heavy atom. The number of piperidine rings is 1. The number of hydrogen-bond acceptors (Lipinski definition) is 3. The minimum absolute atomic E-state index is 0.0104. The Labute approximate surface area is 127 Å². The highest BCUT2D eigenvalue weighted by molar-refractivity contribution is 5.95. The van der Waals surface area contributed by atoms with Crippen LogP contribution in [0.1, 0.15) is 46.5 Å². The molecule has 118 valence electrons. The molecule has 3 aliphatic heterocycles. The summed E-state index contributed by atoms with van der Waals surface area (Å²) in [7, 11) is 0. The average molecular weight is 293 g/mol. The lowest BCUT2D eigenvalue weighted by Gasteiger charge is -2.44. The van der Waals surface area contributed by atoms with Gasteiger partial charge in [0, 0.05) is 18.6 Å². The molecule has 0 aromatic rings. The van der Waals surface area contributed by atoms with Crippen LogP contribution in [-0.2, 0) is 9.59 Å². The monoisotopic (exact) mass is 293 g/mol. The van der Waals surface area contributed by atoms with Gasteiger partial charge in [-0.2, -0.15) is 0 Å². The summed E-state index contributed by atoms with van der Waals surface area (Å²) in [4.78, 5) is 29.3. The van der Waals surface area contributed by atoms with E-state index < -0.39 is 6.04 Å². The molecule has 5 heteroatoms. The predicted octanol–water partition coefficient (Wildman–Crippen LogP) is 0.986. The molecule has 3 aliphatic rings. The third kappa shape index (κ3) is 2.68. The number of carbonyl (C=O) groups excluding carboxylic acids is 2. The summed E-state index contributed by atoms with van der Waals surface area (Å²) in [5, 5.41) is 2.89. The molecule has 3 fully saturated rings. The topological polar surface area (TPSA) is 52.7 Å². The van der Waals surface area contributed by atoms with Crippen molar-refractivity contribution in [1.29, 1.82) is 0 Å². The normalized spacial score (nSPS) is 34.8. The number of fused-ring (bicyclic) bond motifs is 1. The number of nitrogens with one attached hydrogen (secondary N) is 1. The van der Waals surface area contributed by atoms with Gasteiger partial charge in [0.25, 0.3) is 0 Å². The highest BCUT2D eigenvalue weighted by atomic mass is 16.2. The van der Waals surface area contributed by atoms with Gasteiger partial charge in [-0.1, -0.05) is 27.2 Å². The van der Waals surface area contributed by atoms with Crippen LogP contribution in [-0.4, -0.2) is 59.4 Å². The molecule has 0 aliphatic carbocycles. The van der Waals surface area contributed by atoms with Crippen LogP contribution < -0.4 is 5.32 Å². The summed E-state index contributed by atoms with van der Waals surface area (Å²) in [5.41, 5.74) is -0.240. The first-order chi connectivity index (χ1) is 9.88. The van der Waals surface area contributed by atoms with Crippen LogP contribution in [0, 0.1) is 5.41 Å². The maximum Gasteiger partial charge on any atom is 0.246 e. The maximum absolute atomic E-state index is 12.9. The van der Waals surface area contributed by atoms with Gasteiger partial charge in [0.1, 0.15) is 6.04 Å². The number of amides is 2. The lowest BCUT2D eigenvalue weighted by Crippen LogP contribution is -2.65. The fourth-order valence-corrected chi connectivity index (χ4v) is 4.12. The predicted molar refractivity (Wildman–Crippen MR) is 80.7 cm³/mol. The molecule has 3 heterocycles. The molecule has 21 heavy (non-hydrogen) atoms. The Hall–Kier alpha value is -1.10. The molecule has 1 N–H and O–H groups in total. The first kappa shape index (κ1) is 14.8. The second-order valence-electron chi connectivity index (χ2n) is 7.79. The summed E-state index contributed by atoms with van der Waals surface area (Å²) in [6.45, 7) is 8.50. The van der Waals surface area contributed by atoms with Crippen LogP contribution in [0.3, 0.4) is 0 Å². The van der Waals surface area contributed by atoms with Gasteiger partial charge in [0.05, 0.1) is 6.54 Å². The van der Waals surface area contributed by atoms with Crippen molar-refractivity contribution in [3.8, 4) is 0 Å². The van der Waals surface area contributed by atoms with E-state index in [0.29, 0.717) is 6.04 Å². The van der Waals surface area contributed by atoms with E-state index >= 15 is 0 Å². The van der Waals surface area contributed by atoms with E-state index in [1.807, 2.05) is 25.7 Å². The summed E-state index contributed by atoms with van der Waals surface area (Å²) in [6, 6.07) is 0.305. The standard InChI is InChI=1S/C16H27N3O2/c1-16(2,3)14-15(21)19(10-13(20)17-14)12-7-9-18-8-5-4-6-11(12)18/h11-12,14H,4-10H2,1-3H3,(H,17,20). The summed E-state index contributed by atoms with van der Waals surface area (Å²) >= 11 is 0. The van der Waals surface area contributed by atoms with Crippen molar-refractivity contribution in [1.82, 2.24) is 15.1 Å². The Morgan fingerprint density at radius 2 is 1.81 bits per heavy atom.